The van der Waals surface area contributed by atoms with Crippen LogP contribution in [-0.4, -0.2) is 55.7 Å². The van der Waals surface area contributed by atoms with Gasteiger partial charge in [-0.15, -0.1) is 0 Å². The predicted octanol–water partition coefficient (Wildman–Crippen LogP) is 6.50. The minimum absolute atomic E-state index is 0.0000768. The Labute approximate surface area is 321 Å². The summed E-state index contributed by atoms with van der Waals surface area (Å²) in [4.78, 5) is 4.12. The highest BCUT2D eigenvalue weighted by atomic mass is 35.5. The van der Waals surface area contributed by atoms with Gasteiger partial charge in [0.25, 0.3) is 0 Å². The number of aliphatic hydroxyl groups excluding tert-OH is 2. The van der Waals surface area contributed by atoms with Crippen LogP contribution in [0.4, 0.5) is 0 Å². The van der Waals surface area contributed by atoms with E-state index < -0.39 is 0 Å². The van der Waals surface area contributed by atoms with Crippen LogP contribution >= 0.6 is 11.6 Å². The number of benzene rings is 4. The Hall–Kier alpha value is -5.35. The van der Waals surface area contributed by atoms with Crippen LogP contribution < -0.4 is 34.3 Å². The third-order valence-electron chi connectivity index (χ3n) is 8.68. The maximum absolute atomic E-state index is 9.26. The van der Waals surface area contributed by atoms with Crippen molar-refractivity contribution in [3.05, 3.63) is 129 Å². The number of hydrogen-bond donors (Lipinski definition) is 4. The smallest absolute Gasteiger partial charge is 0.142 e. The second-order valence-electron chi connectivity index (χ2n) is 12.3. The average molecular weight is 753 g/mol. The summed E-state index contributed by atoms with van der Waals surface area (Å²) in [7, 11) is 3.21. The van der Waals surface area contributed by atoms with E-state index in [1.165, 1.54) is 6.20 Å². The number of nitrogens with one attached hydrogen (secondary N) is 2. The number of aromatic nitrogens is 1. The maximum atomic E-state index is 9.26. The lowest BCUT2D eigenvalue weighted by Crippen LogP contribution is -2.18. The molecule has 282 valence electrons. The van der Waals surface area contributed by atoms with Gasteiger partial charge >= 0.3 is 0 Å². The van der Waals surface area contributed by atoms with Crippen molar-refractivity contribution in [2.45, 2.75) is 39.8 Å². The summed E-state index contributed by atoms with van der Waals surface area (Å²) in [6.07, 6.45) is 3.16. The van der Waals surface area contributed by atoms with E-state index in [-0.39, 0.29) is 26.4 Å². The minimum atomic E-state index is -0.0000768. The molecule has 4 N–H and O–H groups in total. The normalized spacial score (nSPS) is 10.8. The second kappa shape index (κ2) is 20.2. The number of ether oxygens (including phenoxy) is 5. The number of hydrogen-bond acceptors (Lipinski definition) is 11. The molecule has 1 aromatic heterocycles. The minimum Gasteiger partial charge on any atom is -0.496 e. The molecule has 11 nitrogen and oxygen atoms in total. The van der Waals surface area contributed by atoms with Crippen LogP contribution in [0.2, 0.25) is 5.02 Å². The molecule has 0 saturated heterocycles. The molecule has 0 aliphatic heterocycles. The number of methoxy groups -OCH3 is 2. The maximum Gasteiger partial charge on any atom is 0.142 e. The van der Waals surface area contributed by atoms with E-state index in [2.05, 4.69) is 46.8 Å². The van der Waals surface area contributed by atoms with E-state index in [1.807, 2.05) is 36.4 Å². The van der Waals surface area contributed by atoms with Crippen LogP contribution in [0.1, 0.15) is 38.9 Å². The van der Waals surface area contributed by atoms with Gasteiger partial charge in [-0.1, -0.05) is 48.0 Å². The number of nitrogens with zero attached hydrogens (tertiary/aromatic N) is 2. The van der Waals surface area contributed by atoms with Crippen molar-refractivity contribution >= 4 is 11.6 Å². The molecule has 5 rings (SSSR count). The summed E-state index contributed by atoms with van der Waals surface area (Å²) in [6, 6.07) is 25.4. The van der Waals surface area contributed by atoms with Gasteiger partial charge in [0, 0.05) is 67.9 Å². The summed E-state index contributed by atoms with van der Waals surface area (Å²) in [5.74, 6) is 2.91. The van der Waals surface area contributed by atoms with Gasteiger partial charge in [-0.2, -0.15) is 5.26 Å². The van der Waals surface area contributed by atoms with Gasteiger partial charge in [-0.3, -0.25) is 4.98 Å². The highest BCUT2D eigenvalue weighted by Crippen LogP contribution is 2.36. The molecule has 0 fully saturated rings. The van der Waals surface area contributed by atoms with Crippen LogP contribution in [0.5, 0.6) is 28.7 Å². The first-order valence-corrected chi connectivity index (χ1v) is 17.9. The van der Waals surface area contributed by atoms with Crippen LogP contribution in [0.3, 0.4) is 0 Å². The topological polar surface area (TPSA) is 147 Å². The van der Waals surface area contributed by atoms with Crippen molar-refractivity contribution in [2.24, 2.45) is 0 Å². The molecule has 0 bridgehead atoms. The highest BCUT2D eigenvalue weighted by Gasteiger charge is 2.16. The molecule has 4 aromatic carbocycles. The Balaban J connectivity index is 1.30. The first-order valence-electron chi connectivity index (χ1n) is 17.5. The third-order valence-corrected chi connectivity index (χ3v) is 8.98. The largest absolute Gasteiger partial charge is 0.496 e. The monoisotopic (exact) mass is 752 g/mol. The van der Waals surface area contributed by atoms with Crippen LogP contribution in [-0.2, 0) is 32.9 Å². The van der Waals surface area contributed by atoms with Gasteiger partial charge in [0.15, 0.2) is 0 Å². The lowest BCUT2D eigenvalue weighted by atomic mass is 9.95. The fourth-order valence-corrected chi connectivity index (χ4v) is 6.10. The van der Waals surface area contributed by atoms with Crippen molar-refractivity contribution < 1.29 is 33.9 Å². The number of aliphatic hydroxyl groups is 2. The molecule has 5 aromatic rings. The molecule has 54 heavy (non-hydrogen) atoms. The lowest BCUT2D eigenvalue weighted by Gasteiger charge is -2.18. The van der Waals surface area contributed by atoms with Crippen molar-refractivity contribution in [1.29, 1.82) is 5.26 Å². The van der Waals surface area contributed by atoms with Crippen molar-refractivity contribution in [1.82, 2.24) is 15.6 Å². The third kappa shape index (κ3) is 10.6. The Kier molecular flexibility index (Phi) is 14.9. The highest BCUT2D eigenvalue weighted by molar-refractivity contribution is 6.32. The molecule has 0 aliphatic carbocycles. The van der Waals surface area contributed by atoms with Crippen LogP contribution in [0.25, 0.3) is 11.1 Å². The summed E-state index contributed by atoms with van der Waals surface area (Å²) in [5, 5.41) is 34.4. The zero-order valence-electron chi connectivity index (χ0n) is 30.7. The molecule has 0 amide bonds. The quantitative estimate of drug-likeness (QED) is 0.0646. The number of nitriles is 1. The molecular weight excluding hydrogens is 708 g/mol. The molecule has 12 heteroatoms. The standard InChI is InChI=1S/C42H45ClN4O7/c1-28-33(27-54-42-19-39(34(16-38(42)43)23-45-10-12-48)53-26-31-14-30(20-44)21-47-22-31)8-5-9-36(28)32-7-4-6-29(15-32)25-52-35-17-40(50-2)37(24-46-11-13-49)41(18-35)51-3/h4-9,14-19,21-22,45-46,48-49H,10-13,23-27H2,1-3H3. The predicted molar refractivity (Wildman–Crippen MR) is 207 cm³/mol. The zero-order valence-corrected chi connectivity index (χ0v) is 31.4. The van der Waals surface area contributed by atoms with Gasteiger partial charge < -0.3 is 44.5 Å². The van der Waals surface area contributed by atoms with E-state index in [9.17, 15) is 10.4 Å². The summed E-state index contributed by atoms with van der Waals surface area (Å²) >= 11 is 6.72. The molecule has 1 heterocycles. The summed E-state index contributed by atoms with van der Waals surface area (Å²) < 4.78 is 29.9. The Morgan fingerprint density at radius 3 is 2.15 bits per heavy atom. The van der Waals surface area contributed by atoms with Crippen molar-refractivity contribution in [2.75, 3.05) is 40.5 Å². The molecule has 0 atom stereocenters. The molecular formula is C42H45ClN4O7. The van der Waals surface area contributed by atoms with Gasteiger partial charge in [0.05, 0.1) is 43.6 Å². The zero-order chi connectivity index (χ0) is 38.3. The summed E-state index contributed by atoms with van der Waals surface area (Å²) in [5.41, 5.74) is 8.00. The number of halogens is 1. The van der Waals surface area contributed by atoms with Gasteiger partial charge in [-0.25, -0.2) is 0 Å². The second-order valence-corrected chi connectivity index (χ2v) is 12.8. The van der Waals surface area contributed by atoms with Crippen LogP contribution in [0.15, 0.2) is 85.2 Å². The van der Waals surface area contributed by atoms with E-state index in [0.29, 0.717) is 72.1 Å². The molecule has 0 saturated carbocycles. The first kappa shape index (κ1) is 39.8. The van der Waals surface area contributed by atoms with Gasteiger partial charge in [0.2, 0.25) is 0 Å². The van der Waals surface area contributed by atoms with Crippen LogP contribution in [0, 0.1) is 18.3 Å². The lowest BCUT2D eigenvalue weighted by molar-refractivity contribution is 0.282. The fourth-order valence-electron chi connectivity index (χ4n) is 5.86. The SMILES string of the molecule is COc1cc(OCc2cccc(-c3cccc(COc4cc(OCc5cncc(C#N)c5)c(CNCCO)cc4Cl)c3C)c2)cc(OC)c1CNCCO. The molecule has 0 unspecified atom stereocenters. The van der Waals surface area contributed by atoms with Crippen molar-refractivity contribution in [3.63, 3.8) is 0 Å². The van der Waals surface area contributed by atoms with E-state index in [1.54, 1.807) is 38.6 Å². The Morgan fingerprint density at radius 2 is 1.43 bits per heavy atom. The first-order chi connectivity index (χ1) is 26.4. The Morgan fingerprint density at radius 1 is 0.722 bits per heavy atom. The van der Waals surface area contributed by atoms with Gasteiger partial charge in [0.1, 0.15) is 54.6 Å². The van der Waals surface area contributed by atoms with E-state index >= 15 is 0 Å². The fraction of sp³-hybridized carbons (Fsp3) is 0.286. The Bertz CT molecular complexity index is 2030. The van der Waals surface area contributed by atoms with Gasteiger partial charge in [-0.05, 0) is 52.9 Å². The number of pyridine rings is 1. The van der Waals surface area contributed by atoms with Crippen molar-refractivity contribution in [3.8, 4) is 45.9 Å². The average Bonchev–Trinajstić information content (AvgIpc) is 3.20. The number of rotatable bonds is 20. The summed E-state index contributed by atoms with van der Waals surface area (Å²) in [6.45, 7) is 4.69. The van der Waals surface area contributed by atoms with E-state index in [4.69, 9.17) is 40.4 Å². The van der Waals surface area contributed by atoms with E-state index in [0.717, 1.165) is 44.5 Å². The molecule has 0 spiro atoms. The molecule has 0 aliphatic rings. The molecule has 0 radical (unpaired) electrons.